The third kappa shape index (κ3) is 4.15. The van der Waals surface area contributed by atoms with E-state index < -0.39 is 0 Å². The van der Waals surface area contributed by atoms with Gasteiger partial charge in [0.05, 0.1) is 22.4 Å². The Morgan fingerprint density at radius 1 is 0.656 bits per heavy atom. The molecule has 0 spiro atoms. The summed E-state index contributed by atoms with van der Waals surface area (Å²) < 4.78 is 0.911. The Labute approximate surface area is 194 Å². The average Bonchev–Trinajstić information content (AvgIpc) is 2.84. The summed E-state index contributed by atoms with van der Waals surface area (Å²) in [6.07, 6.45) is 0. The SMILES string of the molecule is O=C(Nc1cccc(Br)c1)c1ccc(-c2nc3ccccc3nc2-c2ccccc2)cc1. The highest BCUT2D eigenvalue weighted by molar-refractivity contribution is 9.10. The normalized spacial score (nSPS) is 10.8. The summed E-state index contributed by atoms with van der Waals surface area (Å²) in [6.45, 7) is 0. The van der Waals surface area contributed by atoms with Crippen molar-refractivity contribution in [1.82, 2.24) is 9.97 Å². The lowest BCUT2D eigenvalue weighted by molar-refractivity contribution is 0.102. The summed E-state index contributed by atoms with van der Waals surface area (Å²) in [7, 11) is 0. The van der Waals surface area contributed by atoms with Gasteiger partial charge in [-0.25, -0.2) is 9.97 Å². The number of aromatic nitrogens is 2. The predicted molar refractivity (Wildman–Crippen MR) is 133 cm³/mol. The molecule has 0 saturated heterocycles. The molecule has 32 heavy (non-hydrogen) atoms. The van der Waals surface area contributed by atoms with Gasteiger partial charge in [-0.15, -0.1) is 0 Å². The molecule has 4 nitrogen and oxygen atoms in total. The molecule has 0 saturated carbocycles. The van der Waals surface area contributed by atoms with Crippen molar-refractivity contribution in [3.05, 3.63) is 113 Å². The number of carbonyl (C=O) groups is 1. The van der Waals surface area contributed by atoms with E-state index in [2.05, 4.69) is 21.2 Å². The second-order valence-electron chi connectivity index (χ2n) is 7.32. The Balaban J connectivity index is 1.52. The van der Waals surface area contributed by atoms with Gasteiger partial charge >= 0.3 is 0 Å². The van der Waals surface area contributed by atoms with Gasteiger partial charge in [0.15, 0.2) is 0 Å². The number of nitrogens with zero attached hydrogens (tertiary/aromatic N) is 2. The van der Waals surface area contributed by atoms with Crippen LogP contribution in [0.5, 0.6) is 0 Å². The molecule has 0 atom stereocenters. The first kappa shape index (κ1) is 20.1. The highest BCUT2D eigenvalue weighted by Gasteiger charge is 2.14. The van der Waals surface area contributed by atoms with Crippen molar-refractivity contribution in [3.8, 4) is 22.5 Å². The number of hydrogen-bond donors (Lipinski definition) is 1. The molecule has 0 bridgehead atoms. The number of anilines is 1. The maximum absolute atomic E-state index is 12.7. The molecule has 1 N–H and O–H groups in total. The quantitative estimate of drug-likeness (QED) is 0.302. The van der Waals surface area contributed by atoms with Crippen molar-refractivity contribution in [1.29, 1.82) is 0 Å². The zero-order chi connectivity index (χ0) is 21.9. The predicted octanol–water partition coefficient (Wildman–Crippen LogP) is 6.98. The summed E-state index contributed by atoms with van der Waals surface area (Å²) in [4.78, 5) is 22.5. The van der Waals surface area contributed by atoms with Gasteiger partial charge in [-0.3, -0.25) is 4.79 Å². The highest BCUT2D eigenvalue weighted by atomic mass is 79.9. The van der Waals surface area contributed by atoms with Gasteiger partial charge in [0.25, 0.3) is 5.91 Å². The molecule has 154 valence electrons. The molecule has 1 amide bonds. The van der Waals surface area contributed by atoms with Crippen molar-refractivity contribution in [3.63, 3.8) is 0 Å². The molecular weight excluding hydrogens is 462 g/mol. The zero-order valence-electron chi connectivity index (χ0n) is 17.0. The molecule has 1 heterocycles. The molecule has 0 radical (unpaired) electrons. The minimum atomic E-state index is -0.164. The van der Waals surface area contributed by atoms with E-state index >= 15 is 0 Å². The smallest absolute Gasteiger partial charge is 0.255 e. The average molecular weight is 480 g/mol. The van der Waals surface area contributed by atoms with Crippen molar-refractivity contribution in [2.75, 3.05) is 5.32 Å². The maximum Gasteiger partial charge on any atom is 0.255 e. The van der Waals surface area contributed by atoms with Crippen LogP contribution >= 0.6 is 15.9 Å². The van der Waals surface area contributed by atoms with E-state index in [0.717, 1.165) is 43.7 Å². The molecule has 5 aromatic rings. The first-order chi connectivity index (χ1) is 15.7. The fourth-order valence-electron chi connectivity index (χ4n) is 3.55. The molecule has 0 aliphatic heterocycles. The van der Waals surface area contributed by atoms with Crippen LogP contribution in [0.1, 0.15) is 10.4 Å². The Morgan fingerprint density at radius 3 is 1.88 bits per heavy atom. The third-order valence-corrected chi connectivity index (χ3v) is 5.61. The second-order valence-corrected chi connectivity index (χ2v) is 8.23. The van der Waals surface area contributed by atoms with Gasteiger partial charge in [-0.1, -0.05) is 76.6 Å². The standard InChI is InChI=1S/C27H18BrN3O/c28-21-9-6-10-22(17-21)29-27(32)20-15-13-19(14-16-20)26-25(18-7-2-1-3-8-18)30-23-11-4-5-12-24(23)31-26/h1-17H,(H,29,32). The number of fused-ring (bicyclic) bond motifs is 1. The molecule has 0 unspecified atom stereocenters. The second kappa shape index (κ2) is 8.73. The van der Waals surface area contributed by atoms with Crippen molar-refractivity contribution >= 4 is 38.6 Å². The van der Waals surface area contributed by atoms with Crippen LogP contribution in [0.3, 0.4) is 0 Å². The summed E-state index contributed by atoms with van der Waals surface area (Å²) in [6, 6.07) is 32.8. The third-order valence-electron chi connectivity index (χ3n) is 5.12. The fraction of sp³-hybridized carbons (Fsp3) is 0. The van der Waals surface area contributed by atoms with E-state index in [1.54, 1.807) is 0 Å². The van der Waals surface area contributed by atoms with Gasteiger partial charge in [-0.05, 0) is 42.5 Å². The fourth-order valence-corrected chi connectivity index (χ4v) is 3.95. The molecule has 4 aromatic carbocycles. The minimum Gasteiger partial charge on any atom is -0.322 e. The Bertz CT molecular complexity index is 1420. The topological polar surface area (TPSA) is 54.9 Å². The van der Waals surface area contributed by atoms with Crippen LogP contribution in [0.15, 0.2) is 108 Å². The number of amides is 1. The molecule has 0 fully saturated rings. The summed E-state index contributed by atoms with van der Waals surface area (Å²) in [5.41, 5.74) is 6.49. The summed E-state index contributed by atoms with van der Waals surface area (Å²) >= 11 is 3.42. The number of carbonyl (C=O) groups excluding carboxylic acids is 1. The molecule has 5 heteroatoms. The van der Waals surface area contributed by atoms with E-state index in [0.29, 0.717) is 5.56 Å². The van der Waals surface area contributed by atoms with Gasteiger partial charge in [0.2, 0.25) is 0 Å². The van der Waals surface area contributed by atoms with Crippen LogP contribution < -0.4 is 5.32 Å². The van der Waals surface area contributed by atoms with Crippen LogP contribution in [-0.4, -0.2) is 15.9 Å². The lowest BCUT2D eigenvalue weighted by Crippen LogP contribution is -2.11. The number of hydrogen-bond acceptors (Lipinski definition) is 3. The van der Waals surface area contributed by atoms with Crippen LogP contribution in [0, 0.1) is 0 Å². The number of rotatable bonds is 4. The first-order valence-electron chi connectivity index (χ1n) is 10.2. The number of para-hydroxylation sites is 2. The Hall–Kier alpha value is -3.83. The van der Waals surface area contributed by atoms with Gasteiger partial charge in [0.1, 0.15) is 0 Å². The number of halogens is 1. The van der Waals surface area contributed by atoms with Gasteiger partial charge in [-0.2, -0.15) is 0 Å². The molecule has 0 aliphatic carbocycles. The Kier molecular flexibility index (Phi) is 5.48. The van der Waals surface area contributed by atoms with Crippen molar-refractivity contribution in [2.24, 2.45) is 0 Å². The Morgan fingerprint density at radius 2 is 1.25 bits per heavy atom. The van der Waals surface area contributed by atoms with Crippen molar-refractivity contribution < 1.29 is 4.79 Å². The maximum atomic E-state index is 12.7. The van der Waals surface area contributed by atoms with Crippen LogP contribution in [0.4, 0.5) is 5.69 Å². The van der Waals surface area contributed by atoms with Gasteiger partial charge in [0, 0.05) is 26.9 Å². The lowest BCUT2D eigenvalue weighted by atomic mass is 10.0. The minimum absolute atomic E-state index is 0.164. The van der Waals surface area contributed by atoms with Crippen molar-refractivity contribution in [2.45, 2.75) is 0 Å². The molecule has 1 aromatic heterocycles. The number of benzene rings is 4. The highest BCUT2D eigenvalue weighted by Crippen LogP contribution is 2.31. The monoisotopic (exact) mass is 479 g/mol. The molecular formula is C27H18BrN3O. The molecule has 0 aliphatic rings. The lowest BCUT2D eigenvalue weighted by Gasteiger charge is -2.11. The zero-order valence-corrected chi connectivity index (χ0v) is 18.6. The van der Waals surface area contributed by atoms with E-state index in [4.69, 9.17) is 9.97 Å². The van der Waals surface area contributed by atoms with Crippen LogP contribution in [-0.2, 0) is 0 Å². The van der Waals surface area contributed by atoms with Crippen LogP contribution in [0.2, 0.25) is 0 Å². The number of nitrogens with one attached hydrogen (secondary N) is 1. The van der Waals surface area contributed by atoms with E-state index in [1.165, 1.54) is 0 Å². The summed E-state index contributed by atoms with van der Waals surface area (Å²) in [5, 5.41) is 2.92. The van der Waals surface area contributed by atoms with E-state index in [9.17, 15) is 4.79 Å². The summed E-state index contributed by atoms with van der Waals surface area (Å²) in [5.74, 6) is -0.164. The van der Waals surface area contributed by atoms with E-state index in [-0.39, 0.29) is 5.91 Å². The van der Waals surface area contributed by atoms with Crippen LogP contribution in [0.25, 0.3) is 33.5 Å². The largest absolute Gasteiger partial charge is 0.322 e. The first-order valence-corrected chi connectivity index (χ1v) is 11.0. The van der Waals surface area contributed by atoms with Gasteiger partial charge < -0.3 is 5.32 Å². The molecule has 5 rings (SSSR count). The van der Waals surface area contributed by atoms with E-state index in [1.807, 2.05) is 103 Å².